The fourth-order valence-corrected chi connectivity index (χ4v) is 3.27. The lowest BCUT2D eigenvalue weighted by atomic mass is 10.0. The van der Waals surface area contributed by atoms with E-state index in [-0.39, 0.29) is 24.5 Å². The zero-order valence-electron chi connectivity index (χ0n) is 17.2. The highest BCUT2D eigenvalue weighted by molar-refractivity contribution is 5.91. The van der Waals surface area contributed by atoms with Crippen molar-refractivity contribution in [2.75, 3.05) is 13.2 Å². The average molecular weight is 389 g/mol. The fourth-order valence-electron chi connectivity index (χ4n) is 3.27. The minimum atomic E-state index is -0.522. The van der Waals surface area contributed by atoms with Crippen molar-refractivity contribution in [2.45, 2.75) is 65.5 Å². The molecule has 154 valence electrons. The van der Waals surface area contributed by atoms with Gasteiger partial charge in [0.15, 0.2) is 6.61 Å². The van der Waals surface area contributed by atoms with Gasteiger partial charge in [-0.1, -0.05) is 38.8 Å². The molecule has 2 amide bonds. The summed E-state index contributed by atoms with van der Waals surface area (Å²) >= 11 is 0. The lowest BCUT2D eigenvalue weighted by Gasteiger charge is -2.16. The molecule has 1 aromatic carbocycles. The monoisotopic (exact) mass is 388 g/mol. The summed E-state index contributed by atoms with van der Waals surface area (Å²) in [5.41, 5.74) is 1.37. The van der Waals surface area contributed by atoms with Crippen LogP contribution < -0.4 is 5.32 Å². The van der Waals surface area contributed by atoms with Gasteiger partial charge in [0.25, 0.3) is 5.91 Å². The summed E-state index contributed by atoms with van der Waals surface area (Å²) in [5, 5.41) is 2.86. The molecule has 0 aromatic heterocycles. The second-order valence-corrected chi connectivity index (χ2v) is 7.99. The molecule has 1 saturated heterocycles. The van der Waals surface area contributed by atoms with E-state index in [4.69, 9.17) is 4.74 Å². The van der Waals surface area contributed by atoms with Crippen LogP contribution in [0.2, 0.25) is 0 Å². The van der Waals surface area contributed by atoms with Gasteiger partial charge in [-0.3, -0.25) is 9.59 Å². The Labute approximate surface area is 167 Å². The molecule has 28 heavy (non-hydrogen) atoms. The van der Waals surface area contributed by atoms with Crippen LogP contribution in [-0.2, 0) is 20.9 Å². The average Bonchev–Trinajstić information content (AvgIpc) is 3.04. The topological polar surface area (TPSA) is 75.7 Å². The van der Waals surface area contributed by atoms with E-state index in [9.17, 15) is 14.4 Å². The Hall–Kier alpha value is -2.37. The van der Waals surface area contributed by atoms with Crippen LogP contribution in [0.15, 0.2) is 24.3 Å². The number of hydrogen-bond donors (Lipinski definition) is 1. The molecular weight excluding hydrogens is 356 g/mol. The van der Waals surface area contributed by atoms with E-state index in [1.54, 1.807) is 12.1 Å². The Morgan fingerprint density at radius 3 is 2.46 bits per heavy atom. The number of benzene rings is 1. The Kier molecular flexibility index (Phi) is 8.48. The van der Waals surface area contributed by atoms with Crippen molar-refractivity contribution >= 4 is 17.8 Å². The molecule has 1 atom stereocenters. The summed E-state index contributed by atoms with van der Waals surface area (Å²) in [6.45, 7) is 7.39. The Bertz CT molecular complexity index is 670. The number of carbonyl (C=O) groups is 3. The minimum Gasteiger partial charge on any atom is -0.452 e. The van der Waals surface area contributed by atoms with E-state index in [2.05, 4.69) is 19.2 Å². The normalized spacial score (nSPS) is 15.0. The summed E-state index contributed by atoms with van der Waals surface area (Å²) in [6, 6.07) is 7.05. The van der Waals surface area contributed by atoms with E-state index in [1.165, 1.54) is 0 Å². The van der Waals surface area contributed by atoms with Gasteiger partial charge in [0.1, 0.15) is 0 Å². The Balaban J connectivity index is 1.71. The standard InChI is InChI=1S/C22H32N2O4/c1-16(2)6-4-7-17(3)23-20(25)15-28-22(27)19-11-9-18(10-12-19)14-24-13-5-8-21(24)26/h9-12,16-17H,4-8,13-15H2,1-3H3,(H,23,25)/t17-/m0/s1. The van der Waals surface area contributed by atoms with Crippen LogP contribution in [-0.4, -0.2) is 41.9 Å². The predicted octanol–water partition coefficient (Wildman–Crippen LogP) is 3.30. The van der Waals surface area contributed by atoms with Gasteiger partial charge in [0.05, 0.1) is 5.56 Å². The van der Waals surface area contributed by atoms with Crippen molar-refractivity contribution in [3.05, 3.63) is 35.4 Å². The Morgan fingerprint density at radius 2 is 1.86 bits per heavy atom. The van der Waals surface area contributed by atoms with E-state index in [0.717, 1.165) is 37.8 Å². The second-order valence-electron chi connectivity index (χ2n) is 7.99. The lowest BCUT2D eigenvalue weighted by molar-refractivity contribution is -0.128. The molecule has 1 aliphatic heterocycles. The SMILES string of the molecule is CC(C)CCC[C@H](C)NC(=O)COC(=O)c1ccc(CN2CCCC2=O)cc1. The second kappa shape index (κ2) is 10.8. The summed E-state index contributed by atoms with van der Waals surface area (Å²) in [4.78, 5) is 37.6. The van der Waals surface area contributed by atoms with Crippen molar-refractivity contribution in [3.8, 4) is 0 Å². The highest BCUT2D eigenvalue weighted by Crippen LogP contribution is 2.15. The van der Waals surface area contributed by atoms with Gasteiger partial charge >= 0.3 is 5.97 Å². The van der Waals surface area contributed by atoms with E-state index in [0.29, 0.717) is 24.4 Å². The molecule has 1 fully saturated rings. The van der Waals surface area contributed by atoms with Crippen molar-refractivity contribution in [1.29, 1.82) is 0 Å². The minimum absolute atomic E-state index is 0.0672. The third kappa shape index (κ3) is 7.33. The first kappa shape index (κ1) is 21.9. The molecule has 1 aliphatic rings. The molecule has 0 bridgehead atoms. The maximum Gasteiger partial charge on any atom is 0.338 e. The first-order chi connectivity index (χ1) is 13.3. The maximum absolute atomic E-state index is 12.1. The van der Waals surface area contributed by atoms with Gasteiger partial charge in [0.2, 0.25) is 5.91 Å². The third-order valence-corrected chi connectivity index (χ3v) is 4.89. The van der Waals surface area contributed by atoms with Crippen LogP contribution in [0.3, 0.4) is 0 Å². The summed E-state index contributed by atoms with van der Waals surface area (Å²) < 4.78 is 5.11. The number of ether oxygens (including phenoxy) is 1. The van der Waals surface area contributed by atoms with Crippen LogP contribution in [0.1, 0.15) is 68.8 Å². The molecule has 6 heteroatoms. The summed E-state index contributed by atoms with van der Waals surface area (Å²) in [5.74, 6) is 0.0278. The number of nitrogens with one attached hydrogen (secondary N) is 1. The summed E-state index contributed by atoms with van der Waals surface area (Å²) in [7, 11) is 0. The molecule has 0 unspecified atom stereocenters. The molecule has 0 saturated carbocycles. The molecule has 6 nitrogen and oxygen atoms in total. The number of carbonyl (C=O) groups excluding carboxylic acids is 3. The number of hydrogen-bond acceptors (Lipinski definition) is 4. The highest BCUT2D eigenvalue weighted by Gasteiger charge is 2.20. The van der Waals surface area contributed by atoms with Crippen molar-refractivity contribution < 1.29 is 19.1 Å². The van der Waals surface area contributed by atoms with Crippen molar-refractivity contribution in [3.63, 3.8) is 0 Å². The molecule has 1 aromatic rings. The molecule has 2 rings (SSSR count). The Morgan fingerprint density at radius 1 is 1.14 bits per heavy atom. The quantitative estimate of drug-likeness (QED) is 0.624. The summed E-state index contributed by atoms with van der Waals surface area (Å²) in [6.07, 6.45) is 4.63. The largest absolute Gasteiger partial charge is 0.452 e. The van der Waals surface area contributed by atoms with Gasteiger partial charge in [-0.25, -0.2) is 4.79 Å². The van der Waals surface area contributed by atoms with E-state index < -0.39 is 5.97 Å². The maximum atomic E-state index is 12.1. The highest BCUT2D eigenvalue weighted by atomic mass is 16.5. The number of amides is 2. The van der Waals surface area contributed by atoms with Crippen LogP contribution in [0, 0.1) is 5.92 Å². The molecule has 1 heterocycles. The molecule has 0 radical (unpaired) electrons. The van der Waals surface area contributed by atoms with Gasteiger partial charge < -0.3 is 15.0 Å². The van der Waals surface area contributed by atoms with Gasteiger partial charge in [-0.2, -0.15) is 0 Å². The predicted molar refractivity (Wildman–Crippen MR) is 108 cm³/mol. The van der Waals surface area contributed by atoms with Crippen molar-refractivity contribution in [2.24, 2.45) is 5.92 Å². The van der Waals surface area contributed by atoms with Gasteiger partial charge in [-0.05, 0) is 43.4 Å². The number of nitrogens with zero attached hydrogens (tertiary/aromatic N) is 1. The van der Waals surface area contributed by atoms with E-state index in [1.807, 2.05) is 24.0 Å². The third-order valence-electron chi connectivity index (χ3n) is 4.89. The van der Waals surface area contributed by atoms with Crippen LogP contribution in [0.4, 0.5) is 0 Å². The lowest BCUT2D eigenvalue weighted by Crippen LogP contribution is -2.35. The number of likely N-dealkylation sites (tertiary alicyclic amines) is 1. The first-order valence-electron chi connectivity index (χ1n) is 10.2. The molecule has 0 spiro atoms. The molecule has 0 aliphatic carbocycles. The van der Waals surface area contributed by atoms with Crippen LogP contribution >= 0.6 is 0 Å². The van der Waals surface area contributed by atoms with Crippen LogP contribution in [0.25, 0.3) is 0 Å². The number of esters is 1. The van der Waals surface area contributed by atoms with Crippen LogP contribution in [0.5, 0.6) is 0 Å². The number of rotatable bonds is 10. The fraction of sp³-hybridized carbons (Fsp3) is 0.591. The van der Waals surface area contributed by atoms with Gasteiger partial charge in [-0.15, -0.1) is 0 Å². The molecule has 1 N–H and O–H groups in total. The smallest absolute Gasteiger partial charge is 0.338 e. The first-order valence-corrected chi connectivity index (χ1v) is 10.2. The zero-order chi connectivity index (χ0) is 20.5. The zero-order valence-corrected chi connectivity index (χ0v) is 17.2. The van der Waals surface area contributed by atoms with Gasteiger partial charge in [0, 0.05) is 25.6 Å². The van der Waals surface area contributed by atoms with Crippen molar-refractivity contribution in [1.82, 2.24) is 10.2 Å². The van der Waals surface area contributed by atoms with E-state index >= 15 is 0 Å². The molecular formula is C22H32N2O4.